The first-order chi connectivity index (χ1) is 9.25. The summed E-state index contributed by atoms with van der Waals surface area (Å²) in [6.07, 6.45) is 0. The van der Waals surface area contributed by atoms with Gasteiger partial charge in [-0.3, -0.25) is 0 Å². The van der Waals surface area contributed by atoms with Crippen LogP contribution in [0.1, 0.15) is 5.56 Å². The van der Waals surface area contributed by atoms with E-state index in [2.05, 4.69) is 21.2 Å². The minimum Gasteiger partial charge on any atom is -0.380 e. The quantitative estimate of drug-likeness (QED) is 0.804. The van der Waals surface area contributed by atoms with Crippen LogP contribution in [0.25, 0.3) is 0 Å². The number of hydrogen-bond acceptors (Lipinski definition) is 2. The Kier molecular flexibility index (Phi) is 5.36. The van der Waals surface area contributed by atoms with Crippen molar-refractivity contribution in [3.8, 4) is 0 Å². The maximum atomic E-state index is 13.3. The number of anilines is 1. The van der Waals surface area contributed by atoms with Crippen LogP contribution in [0.5, 0.6) is 0 Å². The van der Waals surface area contributed by atoms with E-state index >= 15 is 0 Å². The van der Waals surface area contributed by atoms with Gasteiger partial charge in [0.05, 0.1) is 18.9 Å². The van der Waals surface area contributed by atoms with Gasteiger partial charge in [-0.15, -0.1) is 0 Å². The first-order valence-electron chi connectivity index (χ1n) is 6.06. The highest BCUT2D eigenvalue weighted by Crippen LogP contribution is 2.13. The van der Waals surface area contributed by atoms with Gasteiger partial charge in [0.2, 0.25) is 0 Å². The Bertz CT molecular complexity index is 533. The molecule has 19 heavy (non-hydrogen) atoms. The van der Waals surface area contributed by atoms with Crippen LogP contribution in [0.15, 0.2) is 53.0 Å². The number of ether oxygens (including phenoxy) is 1. The standard InChI is InChI=1S/C15H15BrFNO/c16-13-5-3-4-12(10-13)11-19-9-8-18-15-7-2-1-6-14(15)17/h1-7,10,18H,8-9,11H2. The number of nitrogens with one attached hydrogen (secondary N) is 1. The molecule has 0 radical (unpaired) electrons. The van der Waals surface area contributed by atoms with E-state index in [9.17, 15) is 4.39 Å². The summed E-state index contributed by atoms with van der Waals surface area (Å²) in [5, 5.41) is 3.00. The topological polar surface area (TPSA) is 21.3 Å². The average molecular weight is 324 g/mol. The van der Waals surface area contributed by atoms with E-state index in [0.29, 0.717) is 25.4 Å². The molecule has 2 nitrogen and oxygen atoms in total. The summed E-state index contributed by atoms with van der Waals surface area (Å²) >= 11 is 3.41. The zero-order chi connectivity index (χ0) is 13.5. The molecule has 0 saturated carbocycles. The van der Waals surface area contributed by atoms with E-state index in [1.807, 2.05) is 24.3 Å². The van der Waals surface area contributed by atoms with Crippen LogP contribution < -0.4 is 5.32 Å². The highest BCUT2D eigenvalue weighted by molar-refractivity contribution is 9.10. The third kappa shape index (κ3) is 4.65. The van der Waals surface area contributed by atoms with Crippen LogP contribution >= 0.6 is 15.9 Å². The van der Waals surface area contributed by atoms with Gasteiger partial charge in [-0.2, -0.15) is 0 Å². The lowest BCUT2D eigenvalue weighted by Gasteiger charge is -2.08. The van der Waals surface area contributed by atoms with Crippen molar-refractivity contribution in [2.75, 3.05) is 18.5 Å². The molecule has 0 fully saturated rings. The summed E-state index contributed by atoms with van der Waals surface area (Å²) in [7, 11) is 0. The lowest BCUT2D eigenvalue weighted by Crippen LogP contribution is -2.10. The molecule has 2 aromatic rings. The van der Waals surface area contributed by atoms with E-state index in [4.69, 9.17) is 4.74 Å². The summed E-state index contributed by atoms with van der Waals surface area (Å²) in [5.74, 6) is -0.241. The minimum atomic E-state index is -0.241. The Morgan fingerprint density at radius 1 is 1.11 bits per heavy atom. The molecule has 100 valence electrons. The summed E-state index contributed by atoms with van der Waals surface area (Å²) in [6, 6.07) is 14.6. The summed E-state index contributed by atoms with van der Waals surface area (Å²) in [5.41, 5.74) is 1.62. The normalized spacial score (nSPS) is 10.4. The molecule has 0 amide bonds. The Morgan fingerprint density at radius 3 is 2.74 bits per heavy atom. The molecule has 0 saturated heterocycles. The monoisotopic (exact) mass is 323 g/mol. The highest BCUT2D eigenvalue weighted by Gasteiger charge is 1.99. The molecule has 0 aliphatic carbocycles. The maximum absolute atomic E-state index is 13.3. The van der Waals surface area contributed by atoms with E-state index in [-0.39, 0.29) is 5.82 Å². The van der Waals surface area contributed by atoms with Crippen LogP contribution in [-0.4, -0.2) is 13.2 Å². The van der Waals surface area contributed by atoms with Gasteiger partial charge in [0.25, 0.3) is 0 Å². The van der Waals surface area contributed by atoms with Gasteiger partial charge in [-0.1, -0.05) is 40.2 Å². The van der Waals surface area contributed by atoms with Crippen molar-refractivity contribution < 1.29 is 9.13 Å². The molecule has 0 aliphatic rings. The van der Waals surface area contributed by atoms with Crippen molar-refractivity contribution >= 4 is 21.6 Å². The fourth-order valence-corrected chi connectivity index (χ4v) is 2.13. The third-order valence-corrected chi connectivity index (χ3v) is 3.09. The summed E-state index contributed by atoms with van der Waals surface area (Å²) in [4.78, 5) is 0. The molecule has 2 aromatic carbocycles. The van der Waals surface area contributed by atoms with Crippen LogP contribution in [0.4, 0.5) is 10.1 Å². The van der Waals surface area contributed by atoms with Crippen molar-refractivity contribution in [1.29, 1.82) is 0 Å². The van der Waals surface area contributed by atoms with Crippen LogP contribution in [0.3, 0.4) is 0 Å². The van der Waals surface area contributed by atoms with Crippen molar-refractivity contribution in [3.63, 3.8) is 0 Å². The van der Waals surface area contributed by atoms with Crippen molar-refractivity contribution in [3.05, 3.63) is 64.4 Å². The summed E-state index contributed by atoms with van der Waals surface area (Å²) in [6.45, 7) is 1.66. The van der Waals surface area contributed by atoms with Crippen molar-refractivity contribution in [2.24, 2.45) is 0 Å². The molecular formula is C15H15BrFNO. The fraction of sp³-hybridized carbons (Fsp3) is 0.200. The molecule has 2 rings (SSSR count). The molecule has 0 unspecified atom stereocenters. The molecule has 0 atom stereocenters. The molecular weight excluding hydrogens is 309 g/mol. The van der Waals surface area contributed by atoms with E-state index in [0.717, 1.165) is 10.0 Å². The van der Waals surface area contributed by atoms with Gasteiger partial charge in [-0.25, -0.2) is 4.39 Å². The van der Waals surface area contributed by atoms with E-state index in [1.165, 1.54) is 6.07 Å². The molecule has 0 aromatic heterocycles. The van der Waals surface area contributed by atoms with Gasteiger partial charge in [-0.05, 0) is 29.8 Å². The number of para-hydroxylation sites is 1. The van der Waals surface area contributed by atoms with Gasteiger partial charge < -0.3 is 10.1 Å². The number of hydrogen-bond donors (Lipinski definition) is 1. The first-order valence-corrected chi connectivity index (χ1v) is 6.85. The van der Waals surface area contributed by atoms with Crippen molar-refractivity contribution in [2.45, 2.75) is 6.61 Å². The largest absolute Gasteiger partial charge is 0.380 e. The predicted octanol–water partition coefficient (Wildman–Crippen LogP) is 4.22. The lowest BCUT2D eigenvalue weighted by atomic mass is 10.2. The van der Waals surface area contributed by atoms with E-state index in [1.54, 1.807) is 18.2 Å². The Balaban J connectivity index is 1.69. The average Bonchev–Trinajstić information content (AvgIpc) is 2.40. The molecule has 0 heterocycles. The van der Waals surface area contributed by atoms with Gasteiger partial charge >= 0.3 is 0 Å². The Morgan fingerprint density at radius 2 is 1.95 bits per heavy atom. The highest BCUT2D eigenvalue weighted by atomic mass is 79.9. The first kappa shape index (κ1) is 14.0. The van der Waals surface area contributed by atoms with Gasteiger partial charge in [0, 0.05) is 11.0 Å². The summed E-state index contributed by atoms with van der Waals surface area (Å²) < 4.78 is 19.9. The SMILES string of the molecule is Fc1ccccc1NCCOCc1cccc(Br)c1. The van der Waals surface area contributed by atoms with Crippen LogP contribution in [-0.2, 0) is 11.3 Å². The zero-order valence-corrected chi connectivity index (χ0v) is 12.0. The van der Waals surface area contributed by atoms with Gasteiger partial charge in [0.15, 0.2) is 0 Å². The Labute approximate surface area is 120 Å². The number of benzene rings is 2. The second-order valence-corrected chi connectivity index (χ2v) is 5.00. The smallest absolute Gasteiger partial charge is 0.146 e. The number of rotatable bonds is 6. The van der Waals surface area contributed by atoms with E-state index < -0.39 is 0 Å². The predicted molar refractivity (Wildman–Crippen MR) is 78.7 cm³/mol. The molecule has 0 bridgehead atoms. The Hall–Kier alpha value is -1.39. The number of halogens is 2. The van der Waals surface area contributed by atoms with Gasteiger partial charge in [0.1, 0.15) is 5.82 Å². The van der Waals surface area contributed by atoms with Crippen molar-refractivity contribution in [1.82, 2.24) is 0 Å². The second kappa shape index (κ2) is 7.26. The minimum absolute atomic E-state index is 0.241. The zero-order valence-electron chi connectivity index (χ0n) is 10.4. The second-order valence-electron chi connectivity index (χ2n) is 4.09. The van der Waals surface area contributed by atoms with Crippen LogP contribution in [0.2, 0.25) is 0 Å². The molecule has 4 heteroatoms. The molecule has 1 N–H and O–H groups in total. The fourth-order valence-electron chi connectivity index (χ4n) is 1.68. The maximum Gasteiger partial charge on any atom is 0.146 e. The van der Waals surface area contributed by atoms with Crippen LogP contribution in [0, 0.1) is 5.82 Å². The molecule has 0 spiro atoms. The molecule has 0 aliphatic heterocycles. The lowest BCUT2D eigenvalue weighted by molar-refractivity contribution is 0.130. The third-order valence-electron chi connectivity index (χ3n) is 2.59.